The van der Waals surface area contributed by atoms with Crippen LogP contribution in [0.3, 0.4) is 0 Å². The highest BCUT2D eigenvalue weighted by atomic mass is 16.6. The molecule has 0 amide bonds. The predicted octanol–water partition coefficient (Wildman–Crippen LogP) is 3.41. The Kier molecular flexibility index (Phi) is 4.85. The number of anilines is 1. The summed E-state index contributed by atoms with van der Waals surface area (Å²) in [5.74, 6) is 3.28. The Morgan fingerprint density at radius 1 is 1.28 bits per heavy atom. The van der Waals surface area contributed by atoms with Crippen LogP contribution in [0.25, 0.3) is 11.2 Å². The molecule has 0 saturated heterocycles. The van der Waals surface area contributed by atoms with E-state index in [0.29, 0.717) is 41.9 Å². The van der Waals surface area contributed by atoms with E-state index in [-0.39, 0.29) is 0 Å². The molecule has 0 bridgehead atoms. The molecule has 2 saturated carbocycles. The predicted molar refractivity (Wildman–Crippen MR) is 112 cm³/mol. The summed E-state index contributed by atoms with van der Waals surface area (Å²) in [6.45, 7) is 7.69. The monoisotopic (exact) mass is 395 g/mol. The lowest BCUT2D eigenvalue weighted by Crippen LogP contribution is -2.32. The third kappa shape index (κ3) is 3.68. The molecule has 2 aliphatic carbocycles. The highest BCUT2D eigenvalue weighted by molar-refractivity contribution is 5.98. The van der Waals surface area contributed by atoms with Crippen molar-refractivity contribution in [2.45, 2.75) is 64.5 Å². The first kappa shape index (κ1) is 18.4. The van der Waals surface area contributed by atoms with E-state index < -0.39 is 0 Å². The number of imidazole rings is 1. The molecule has 3 aliphatic rings. The summed E-state index contributed by atoms with van der Waals surface area (Å²) >= 11 is 0. The van der Waals surface area contributed by atoms with Crippen molar-refractivity contribution in [3.8, 4) is 0 Å². The van der Waals surface area contributed by atoms with Crippen molar-refractivity contribution in [2.24, 2.45) is 17.0 Å². The van der Waals surface area contributed by atoms with Gasteiger partial charge in [-0.2, -0.15) is 0 Å². The zero-order valence-corrected chi connectivity index (χ0v) is 17.0. The van der Waals surface area contributed by atoms with Gasteiger partial charge >= 0.3 is 0 Å². The van der Waals surface area contributed by atoms with Crippen LogP contribution in [-0.2, 0) is 11.4 Å². The quantitative estimate of drug-likeness (QED) is 0.729. The SMILES string of the molecule is C=C1CCC(Cn2cnc3nc(C4=NOCN4)nc(N[C@H](C)C4CCC4)c32)CC1. The molecule has 0 radical (unpaired) electrons. The van der Waals surface area contributed by atoms with Crippen LogP contribution in [-0.4, -0.2) is 38.1 Å². The van der Waals surface area contributed by atoms with Gasteiger partial charge in [0.25, 0.3) is 0 Å². The molecule has 8 nitrogen and oxygen atoms in total. The zero-order chi connectivity index (χ0) is 19.8. The van der Waals surface area contributed by atoms with E-state index in [1.165, 1.54) is 37.7 Å². The zero-order valence-electron chi connectivity index (χ0n) is 17.0. The van der Waals surface area contributed by atoms with Gasteiger partial charge in [0.2, 0.25) is 11.7 Å². The number of hydrogen-bond acceptors (Lipinski definition) is 7. The first-order valence-corrected chi connectivity index (χ1v) is 10.8. The van der Waals surface area contributed by atoms with Crippen LogP contribution in [0, 0.1) is 11.8 Å². The van der Waals surface area contributed by atoms with Gasteiger partial charge < -0.3 is 20.0 Å². The summed E-state index contributed by atoms with van der Waals surface area (Å²) < 4.78 is 2.23. The van der Waals surface area contributed by atoms with Crippen LogP contribution in [0.4, 0.5) is 5.82 Å². The van der Waals surface area contributed by atoms with Crippen LogP contribution < -0.4 is 10.6 Å². The largest absolute Gasteiger partial charge is 0.372 e. The number of nitrogens with one attached hydrogen (secondary N) is 2. The van der Waals surface area contributed by atoms with Crippen molar-refractivity contribution in [3.63, 3.8) is 0 Å². The summed E-state index contributed by atoms with van der Waals surface area (Å²) in [6.07, 6.45) is 10.4. The van der Waals surface area contributed by atoms with Crippen LogP contribution in [0.15, 0.2) is 23.6 Å². The number of oxime groups is 1. The molecule has 8 heteroatoms. The molecule has 2 fully saturated rings. The molecule has 5 rings (SSSR count). The molecule has 1 aliphatic heterocycles. The van der Waals surface area contributed by atoms with Crippen LogP contribution in [0.2, 0.25) is 0 Å². The van der Waals surface area contributed by atoms with Crippen molar-refractivity contribution in [1.82, 2.24) is 24.8 Å². The fraction of sp³-hybridized carbons (Fsp3) is 0.619. The minimum Gasteiger partial charge on any atom is -0.372 e. The molecule has 0 aromatic carbocycles. The summed E-state index contributed by atoms with van der Waals surface area (Å²) in [6, 6.07) is 0.366. The summed E-state index contributed by atoms with van der Waals surface area (Å²) in [4.78, 5) is 19.2. The topological polar surface area (TPSA) is 89.2 Å². The fourth-order valence-electron chi connectivity index (χ4n) is 4.49. The first-order chi connectivity index (χ1) is 14.2. The van der Waals surface area contributed by atoms with Gasteiger partial charge in [-0.05, 0) is 57.3 Å². The van der Waals surface area contributed by atoms with Gasteiger partial charge in [-0.25, -0.2) is 15.0 Å². The Labute approximate surface area is 170 Å². The lowest BCUT2D eigenvalue weighted by atomic mass is 9.80. The molecule has 2 N–H and O–H groups in total. The van der Waals surface area contributed by atoms with E-state index in [2.05, 4.69) is 43.8 Å². The lowest BCUT2D eigenvalue weighted by Gasteiger charge is -2.32. The Morgan fingerprint density at radius 3 is 2.79 bits per heavy atom. The van der Waals surface area contributed by atoms with Gasteiger partial charge in [-0.1, -0.05) is 23.7 Å². The third-order valence-corrected chi connectivity index (χ3v) is 6.63. The first-order valence-electron chi connectivity index (χ1n) is 10.8. The number of fused-ring (bicyclic) bond motifs is 1. The van der Waals surface area contributed by atoms with Crippen LogP contribution in [0.1, 0.15) is 57.7 Å². The second kappa shape index (κ2) is 7.65. The van der Waals surface area contributed by atoms with E-state index in [0.717, 1.165) is 30.7 Å². The van der Waals surface area contributed by atoms with E-state index in [4.69, 9.17) is 9.82 Å². The van der Waals surface area contributed by atoms with Gasteiger partial charge in [0.15, 0.2) is 18.2 Å². The minimum atomic E-state index is 0.347. The van der Waals surface area contributed by atoms with Crippen LogP contribution in [0.5, 0.6) is 0 Å². The molecule has 154 valence electrons. The Bertz CT molecular complexity index is 936. The lowest BCUT2D eigenvalue weighted by molar-refractivity contribution is 0.164. The summed E-state index contributed by atoms with van der Waals surface area (Å²) in [7, 11) is 0. The van der Waals surface area contributed by atoms with Crippen molar-refractivity contribution in [2.75, 3.05) is 12.0 Å². The van der Waals surface area contributed by atoms with Crippen molar-refractivity contribution < 1.29 is 4.84 Å². The number of amidine groups is 1. The average Bonchev–Trinajstić information content (AvgIpc) is 3.32. The molecule has 1 atom stereocenters. The molecule has 2 aromatic rings. The van der Waals surface area contributed by atoms with Gasteiger partial charge in [0.05, 0.1) is 6.33 Å². The number of rotatable bonds is 6. The average molecular weight is 396 g/mol. The Hall–Kier alpha value is -2.64. The Morgan fingerprint density at radius 2 is 2.10 bits per heavy atom. The molecule has 0 spiro atoms. The van der Waals surface area contributed by atoms with Gasteiger partial charge in [0.1, 0.15) is 5.52 Å². The minimum absolute atomic E-state index is 0.347. The molecule has 2 aromatic heterocycles. The number of aromatic nitrogens is 4. The molecular weight excluding hydrogens is 366 g/mol. The second-order valence-corrected chi connectivity index (χ2v) is 8.67. The van der Waals surface area contributed by atoms with Gasteiger partial charge in [0, 0.05) is 12.6 Å². The highest BCUT2D eigenvalue weighted by Crippen LogP contribution is 2.33. The molecular formula is C21H29N7O. The van der Waals surface area contributed by atoms with E-state index in [9.17, 15) is 0 Å². The van der Waals surface area contributed by atoms with E-state index >= 15 is 0 Å². The maximum Gasteiger partial charge on any atom is 0.213 e. The molecule has 0 unspecified atom stereocenters. The second-order valence-electron chi connectivity index (χ2n) is 8.67. The molecule has 29 heavy (non-hydrogen) atoms. The molecule has 3 heterocycles. The maximum atomic E-state index is 5.07. The normalized spacial score (nSPS) is 21.4. The van der Waals surface area contributed by atoms with Gasteiger partial charge in [-0.3, -0.25) is 0 Å². The third-order valence-electron chi connectivity index (χ3n) is 6.63. The Balaban J connectivity index is 1.48. The fourth-order valence-corrected chi connectivity index (χ4v) is 4.49. The number of nitrogens with zero attached hydrogens (tertiary/aromatic N) is 5. The number of allylic oxidation sites excluding steroid dienone is 1. The summed E-state index contributed by atoms with van der Waals surface area (Å²) in [5, 5.41) is 10.8. The van der Waals surface area contributed by atoms with Crippen LogP contribution >= 0.6 is 0 Å². The number of hydrogen-bond donors (Lipinski definition) is 2. The van der Waals surface area contributed by atoms with E-state index in [1.807, 2.05) is 6.33 Å². The van der Waals surface area contributed by atoms with Crippen molar-refractivity contribution in [3.05, 3.63) is 24.3 Å². The highest BCUT2D eigenvalue weighted by Gasteiger charge is 2.27. The smallest absolute Gasteiger partial charge is 0.213 e. The maximum absolute atomic E-state index is 5.07. The van der Waals surface area contributed by atoms with Gasteiger partial charge in [-0.15, -0.1) is 0 Å². The van der Waals surface area contributed by atoms with Crippen molar-refractivity contribution >= 4 is 22.8 Å². The van der Waals surface area contributed by atoms with E-state index in [1.54, 1.807) is 0 Å². The summed E-state index contributed by atoms with van der Waals surface area (Å²) in [5.41, 5.74) is 3.08. The standard InChI is InChI=1S/C21H29N7O/c1-13-6-8-15(9-7-13)10-28-11-22-18-17(28)19(24-14(2)16-4-3-5-16)26-21(25-18)20-23-12-29-27-20/h11,14-16H,1,3-10,12H2,2H3,(H,23,27)(H,24,25,26)/t14-/m1/s1. The van der Waals surface area contributed by atoms with Crippen molar-refractivity contribution in [1.29, 1.82) is 0 Å².